The molecule has 6 nitrogen and oxygen atoms in total. The fourth-order valence-electron chi connectivity index (χ4n) is 3.66. The molecule has 1 amide bonds. The summed E-state index contributed by atoms with van der Waals surface area (Å²) in [6.45, 7) is 8.30. The average Bonchev–Trinajstić information content (AvgIpc) is 3.25. The Kier molecular flexibility index (Phi) is 6.92. The van der Waals surface area contributed by atoms with Crippen LogP contribution in [0.15, 0.2) is 42.5 Å². The van der Waals surface area contributed by atoms with Crippen LogP contribution in [0.2, 0.25) is 0 Å². The molecule has 0 spiro atoms. The van der Waals surface area contributed by atoms with Gasteiger partial charge in [-0.15, -0.1) is 0 Å². The van der Waals surface area contributed by atoms with Gasteiger partial charge in [-0.05, 0) is 43.7 Å². The minimum Gasteiger partial charge on any atom is -0.494 e. The van der Waals surface area contributed by atoms with Crippen molar-refractivity contribution in [1.82, 2.24) is 9.88 Å². The number of hydrogen-bond acceptors (Lipinski definition) is 6. The van der Waals surface area contributed by atoms with Crippen LogP contribution in [-0.4, -0.2) is 55.2 Å². The van der Waals surface area contributed by atoms with Crippen molar-refractivity contribution in [1.29, 1.82) is 0 Å². The molecule has 1 aliphatic rings. The van der Waals surface area contributed by atoms with Gasteiger partial charge in [-0.1, -0.05) is 36.8 Å². The fourth-order valence-corrected chi connectivity index (χ4v) is 4.69. The molecule has 7 heteroatoms. The Labute approximate surface area is 187 Å². The minimum atomic E-state index is 0.0588. The fraction of sp³-hybridized carbons (Fsp3) is 0.417. The lowest BCUT2D eigenvalue weighted by Gasteiger charge is -2.34. The van der Waals surface area contributed by atoms with Crippen LogP contribution >= 0.6 is 11.3 Å². The van der Waals surface area contributed by atoms with E-state index in [1.54, 1.807) is 11.3 Å². The summed E-state index contributed by atoms with van der Waals surface area (Å²) in [4.78, 5) is 22.0. The van der Waals surface area contributed by atoms with E-state index in [4.69, 9.17) is 14.5 Å². The van der Waals surface area contributed by atoms with Crippen molar-refractivity contribution in [3.8, 4) is 11.5 Å². The lowest BCUT2D eigenvalue weighted by molar-refractivity contribution is 0.0746. The number of benzene rings is 2. The molecular formula is C24H29N3O3S. The maximum absolute atomic E-state index is 13.0. The van der Waals surface area contributed by atoms with Crippen LogP contribution in [0.25, 0.3) is 10.2 Å². The van der Waals surface area contributed by atoms with E-state index in [9.17, 15) is 4.79 Å². The van der Waals surface area contributed by atoms with E-state index in [0.29, 0.717) is 31.9 Å². The van der Waals surface area contributed by atoms with Crippen molar-refractivity contribution in [2.75, 3.05) is 44.3 Å². The van der Waals surface area contributed by atoms with Crippen molar-refractivity contribution < 1.29 is 14.3 Å². The SMILES string of the molecule is CCCCOc1cccc(C(=O)N2CCN(c3nc4c(OCC)cccc4s3)CC2)c1. The summed E-state index contributed by atoms with van der Waals surface area (Å²) < 4.78 is 12.6. The maximum Gasteiger partial charge on any atom is 0.254 e. The number of hydrogen-bond donors (Lipinski definition) is 0. The monoisotopic (exact) mass is 439 g/mol. The van der Waals surface area contributed by atoms with Gasteiger partial charge in [0.2, 0.25) is 0 Å². The summed E-state index contributed by atoms with van der Waals surface area (Å²) in [5.74, 6) is 1.65. The predicted octanol–water partition coefficient (Wildman–Crippen LogP) is 4.84. The Morgan fingerprint density at radius 1 is 1.06 bits per heavy atom. The summed E-state index contributed by atoms with van der Waals surface area (Å²) in [5.41, 5.74) is 1.60. The smallest absolute Gasteiger partial charge is 0.254 e. The number of ether oxygens (including phenoxy) is 2. The summed E-state index contributed by atoms with van der Waals surface area (Å²) >= 11 is 1.68. The number of piperazine rings is 1. The first kappa shape index (κ1) is 21.4. The number of para-hydroxylation sites is 1. The molecule has 0 radical (unpaired) electrons. The number of thiazole rings is 1. The highest BCUT2D eigenvalue weighted by Crippen LogP contribution is 2.34. The largest absolute Gasteiger partial charge is 0.494 e. The molecule has 0 bridgehead atoms. The second kappa shape index (κ2) is 10.0. The predicted molar refractivity (Wildman–Crippen MR) is 126 cm³/mol. The van der Waals surface area contributed by atoms with Crippen LogP contribution in [-0.2, 0) is 0 Å². The van der Waals surface area contributed by atoms with Gasteiger partial charge in [0.1, 0.15) is 17.0 Å². The van der Waals surface area contributed by atoms with E-state index in [0.717, 1.165) is 52.8 Å². The molecule has 0 N–H and O–H groups in total. The van der Waals surface area contributed by atoms with Gasteiger partial charge in [0.25, 0.3) is 5.91 Å². The lowest BCUT2D eigenvalue weighted by Crippen LogP contribution is -2.48. The Bertz CT molecular complexity index is 1030. The van der Waals surface area contributed by atoms with Gasteiger partial charge >= 0.3 is 0 Å². The number of unbranched alkanes of at least 4 members (excludes halogenated alkanes) is 1. The van der Waals surface area contributed by atoms with Gasteiger partial charge in [0.15, 0.2) is 5.13 Å². The van der Waals surface area contributed by atoms with Crippen molar-refractivity contribution in [3.63, 3.8) is 0 Å². The number of anilines is 1. The normalized spacial score (nSPS) is 14.1. The zero-order valence-corrected chi connectivity index (χ0v) is 19.0. The Balaban J connectivity index is 1.39. The summed E-state index contributed by atoms with van der Waals surface area (Å²) in [7, 11) is 0. The van der Waals surface area contributed by atoms with Crippen LogP contribution in [0, 0.1) is 0 Å². The summed E-state index contributed by atoms with van der Waals surface area (Å²) in [6.07, 6.45) is 2.10. The zero-order chi connectivity index (χ0) is 21.6. The first-order chi connectivity index (χ1) is 15.2. The third kappa shape index (κ3) is 4.93. The summed E-state index contributed by atoms with van der Waals surface area (Å²) in [5, 5.41) is 0.987. The minimum absolute atomic E-state index is 0.0588. The van der Waals surface area contributed by atoms with Gasteiger partial charge in [-0.2, -0.15) is 0 Å². The molecular weight excluding hydrogens is 410 g/mol. The summed E-state index contributed by atoms with van der Waals surface area (Å²) in [6, 6.07) is 13.6. The molecule has 1 saturated heterocycles. The van der Waals surface area contributed by atoms with Gasteiger partial charge < -0.3 is 19.3 Å². The highest BCUT2D eigenvalue weighted by Gasteiger charge is 2.24. The zero-order valence-electron chi connectivity index (χ0n) is 18.2. The van der Waals surface area contributed by atoms with Crippen LogP contribution < -0.4 is 14.4 Å². The van der Waals surface area contributed by atoms with Crippen LogP contribution in [0.5, 0.6) is 11.5 Å². The Morgan fingerprint density at radius 2 is 1.87 bits per heavy atom. The number of rotatable bonds is 8. The van der Waals surface area contributed by atoms with Crippen molar-refractivity contribution in [2.45, 2.75) is 26.7 Å². The molecule has 2 aromatic carbocycles. The van der Waals surface area contributed by atoms with Gasteiger partial charge in [-0.25, -0.2) is 4.98 Å². The molecule has 0 aliphatic carbocycles. The topological polar surface area (TPSA) is 54.9 Å². The van der Waals surface area contributed by atoms with Crippen LogP contribution in [0.1, 0.15) is 37.0 Å². The van der Waals surface area contributed by atoms with Crippen molar-refractivity contribution in [2.24, 2.45) is 0 Å². The number of carbonyl (C=O) groups excluding carboxylic acids is 1. The quantitative estimate of drug-likeness (QED) is 0.470. The molecule has 4 rings (SSSR count). The molecule has 3 aromatic rings. The number of amides is 1. The van der Waals surface area contributed by atoms with E-state index < -0.39 is 0 Å². The second-order valence-corrected chi connectivity index (χ2v) is 8.55. The van der Waals surface area contributed by atoms with E-state index in [2.05, 4.69) is 17.9 Å². The van der Waals surface area contributed by atoms with E-state index in [-0.39, 0.29) is 5.91 Å². The average molecular weight is 440 g/mol. The second-order valence-electron chi connectivity index (χ2n) is 7.54. The molecule has 31 heavy (non-hydrogen) atoms. The first-order valence-electron chi connectivity index (χ1n) is 11.0. The van der Waals surface area contributed by atoms with Gasteiger partial charge in [0, 0.05) is 31.7 Å². The molecule has 1 fully saturated rings. The molecule has 0 saturated carbocycles. The highest BCUT2D eigenvalue weighted by molar-refractivity contribution is 7.22. The molecule has 1 aromatic heterocycles. The van der Waals surface area contributed by atoms with Gasteiger partial charge in [0.05, 0.1) is 17.9 Å². The third-order valence-electron chi connectivity index (χ3n) is 5.36. The van der Waals surface area contributed by atoms with E-state index in [1.807, 2.05) is 48.2 Å². The van der Waals surface area contributed by atoms with Crippen LogP contribution in [0.4, 0.5) is 5.13 Å². The van der Waals surface area contributed by atoms with Crippen molar-refractivity contribution in [3.05, 3.63) is 48.0 Å². The Morgan fingerprint density at radius 3 is 2.65 bits per heavy atom. The number of fused-ring (bicyclic) bond motifs is 1. The first-order valence-corrected chi connectivity index (χ1v) is 11.8. The number of nitrogens with zero attached hydrogens (tertiary/aromatic N) is 3. The Hall–Kier alpha value is -2.80. The van der Waals surface area contributed by atoms with Gasteiger partial charge in [-0.3, -0.25) is 4.79 Å². The third-order valence-corrected chi connectivity index (χ3v) is 6.44. The van der Waals surface area contributed by atoms with E-state index >= 15 is 0 Å². The lowest BCUT2D eigenvalue weighted by atomic mass is 10.1. The standard InChI is InChI=1S/C24H29N3O3S/c1-3-5-16-30-19-9-6-8-18(17-19)23(28)26-12-14-27(15-13-26)24-25-22-20(29-4-2)10-7-11-21(22)31-24/h6-11,17H,3-5,12-16H2,1-2H3. The van der Waals surface area contributed by atoms with Crippen molar-refractivity contribution >= 4 is 32.6 Å². The van der Waals surface area contributed by atoms with Crippen LogP contribution in [0.3, 0.4) is 0 Å². The molecule has 0 atom stereocenters. The number of carbonyl (C=O) groups is 1. The highest BCUT2D eigenvalue weighted by atomic mass is 32.1. The maximum atomic E-state index is 13.0. The molecule has 1 aliphatic heterocycles. The molecule has 2 heterocycles. The van der Waals surface area contributed by atoms with E-state index in [1.165, 1.54) is 0 Å². The number of aromatic nitrogens is 1. The molecule has 0 unspecified atom stereocenters. The molecule has 164 valence electrons.